The third-order valence-corrected chi connectivity index (χ3v) is 3.99. The Morgan fingerprint density at radius 3 is 1.97 bits per heavy atom. The molecule has 160 valence electrons. The summed E-state index contributed by atoms with van der Waals surface area (Å²) in [6.07, 6.45) is 1.75. The van der Waals surface area contributed by atoms with Crippen LogP contribution in [0.15, 0.2) is 92.2 Å². The fraction of sp³-hybridized carbons (Fsp3) is 0.160. The third-order valence-electron chi connectivity index (χ3n) is 3.99. The second-order valence-corrected chi connectivity index (χ2v) is 6.18. The molecule has 0 N–H and O–H groups in total. The van der Waals surface area contributed by atoms with Gasteiger partial charge in [-0.1, -0.05) is 25.6 Å². The number of nitriles is 2. The summed E-state index contributed by atoms with van der Waals surface area (Å²) in [6, 6.07) is 23.7. The van der Waals surface area contributed by atoms with Gasteiger partial charge in [-0.3, -0.25) is 0 Å². The maximum absolute atomic E-state index is 9.19. The van der Waals surface area contributed by atoms with Crippen LogP contribution in [0, 0.1) is 29.6 Å². The zero-order valence-electron chi connectivity index (χ0n) is 17.6. The van der Waals surface area contributed by atoms with E-state index in [9.17, 15) is 5.26 Å². The molecule has 0 bridgehead atoms. The van der Waals surface area contributed by atoms with Gasteiger partial charge < -0.3 is 4.99 Å². The van der Waals surface area contributed by atoms with Gasteiger partial charge in [0.25, 0.3) is 0 Å². The van der Waals surface area contributed by atoms with E-state index >= 15 is 0 Å². The molecule has 0 unspecified atom stereocenters. The SMILES string of the molecule is C.CC=NC.Cc1cc(N=Nc2ccc(C#N)cc2C#N)ccc1N=Nc1ccccc1. The molecule has 0 aliphatic rings. The number of aryl methyl sites for hydroxylation is 1. The normalized spacial score (nSPS) is 10.3. The van der Waals surface area contributed by atoms with Crippen molar-refractivity contribution in [3.8, 4) is 12.1 Å². The Bertz CT molecular complexity index is 1180. The van der Waals surface area contributed by atoms with E-state index in [1.807, 2.05) is 68.5 Å². The molecule has 0 aliphatic carbocycles. The second-order valence-electron chi connectivity index (χ2n) is 6.18. The average molecular weight is 424 g/mol. The summed E-state index contributed by atoms with van der Waals surface area (Å²) >= 11 is 0. The van der Waals surface area contributed by atoms with E-state index in [-0.39, 0.29) is 7.43 Å². The van der Waals surface area contributed by atoms with Crippen LogP contribution in [0.5, 0.6) is 0 Å². The molecule has 0 aromatic heterocycles. The molecule has 0 radical (unpaired) electrons. The van der Waals surface area contributed by atoms with Crippen molar-refractivity contribution in [1.82, 2.24) is 0 Å². The highest BCUT2D eigenvalue weighted by molar-refractivity contribution is 5.57. The molecule has 7 nitrogen and oxygen atoms in total. The molecular formula is C25H25N7. The van der Waals surface area contributed by atoms with Gasteiger partial charge in [0.15, 0.2) is 0 Å². The van der Waals surface area contributed by atoms with Gasteiger partial charge in [0.2, 0.25) is 0 Å². The van der Waals surface area contributed by atoms with Crippen molar-refractivity contribution >= 4 is 29.0 Å². The highest BCUT2D eigenvalue weighted by Gasteiger charge is 2.03. The summed E-state index contributed by atoms with van der Waals surface area (Å²) < 4.78 is 0. The van der Waals surface area contributed by atoms with Gasteiger partial charge in [-0.15, -0.1) is 5.11 Å². The fourth-order valence-corrected chi connectivity index (χ4v) is 2.31. The Labute approximate surface area is 189 Å². The number of benzene rings is 3. The summed E-state index contributed by atoms with van der Waals surface area (Å²) in [4.78, 5) is 3.61. The van der Waals surface area contributed by atoms with Crippen LogP contribution in [0.4, 0.5) is 22.7 Å². The van der Waals surface area contributed by atoms with Gasteiger partial charge in [0.1, 0.15) is 11.8 Å². The molecule has 0 amide bonds. The minimum atomic E-state index is 0. The maximum Gasteiger partial charge on any atom is 0.104 e. The number of hydrogen-bond donors (Lipinski definition) is 0. The number of aliphatic imine (C=N–C) groups is 1. The Morgan fingerprint density at radius 2 is 1.38 bits per heavy atom. The third kappa shape index (κ3) is 7.74. The van der Waals surface area contributed by atoms with Crippen molar-refractivity contribution in [1.29, 1.82) is 10.5 Å². The Hall–Kier alpha value is -4.49. The highest BCUT2D eigenvalue weighted by Crippen LogP contribution is 2.28. The van der Waals surface area contributed by atoms with Crippen molar-refractivity contribution in [2.24, 2.45) is 25.4 Å². The maximum atomic E-state index is 9.19. The smallest absolute Gasteiger partial charge is 0.104 e. The summed E-state index contributed by atoms with van der Waals surface area (Å²) in [7, 11) is 1.75. The van der Waals surface area contributed by atoms with Crippen LogP contribution in [-0.2, 0) is 0 Å². The zero-order valence-corrected chi connectivity index (χ0v) is 17.6. The van der Waals surface area contributed by atoms with Crippen molar-refractivity contribution < 1.29 is 0 Å². The van der Waals surface area contributed by atoms with E-state index < -0.39 is 0 Å². The van der Waals surface area contributed by atoms with Gasteiger partial charge >= 0.3 is 0 Å². The molecule has 3 rings (SSSR count). The Balaban J connectivity index is 0.000000945. The summed E-state index contributed by atoms with van der Waals surface area (Å²) in [5, 5.41) is 34.9. The first-order chi connectivity index (χ1) is 15.1. The van der Waals surface area contributed by atoms with Gasteiger partial charge in [0.05, 0.1) is 34.3 Å². The highest BCUT2D eigenvalue weighted by atomic mass is 15.1. The van der Waals surface area contributed by atoms with Crippen LogP contribution in [0.1, 0.15) is 31.0 Å². The van der Waals surface area contributed by atoms with Gasteiger partial charge in [0, 0.05) is 7.05 Å². The molecule has 3 aromatic carbocycles. The molecule has 7 heteroatoms. The lowest BCUT2D eigenvalue weighted by molar-refractivity contribution is 1.19. The number of rotatable bonds is 4. The molecule has 0 atom stereocenters. The fourth-order valence-electron chi connectivity index (χ4n) is 2.31. The minimum absolute atomic E-state index is 0. The lowest BCUT2D eigenvalue weighted by Gasteiger charge is -2.01. The first kappa shape index (κ1) is 25.5. The Kier molecular flexibility index (Phi) is 10.9. The van der Waals surface area contributed by atoms with Crippen molar-refractivity contribution in [3.63, 3.8) is 0 Å². The molecule has 3 aromatic rings. The molecule has 0 aliphatic heterocycles. The van der Waals surface area contributed by atoms with Crippen molar-refractivity contribution in [3.05, 3.63) is 83.4 Å². The lowest BCUT2D eigenvalue weighted by Crippen LogP contribution is -1.79. The topological polar surface area (TPSA) is 109 Å². The van der Waals surface area contributed by atoms with E-state index in [1.165, 1.54) is 6.07 Å². The molecule has 0 saturated heterocycles. The van der Waals surface area contributed by atoms with E-state index in [1.54, 1.807) is 31.5 Å². The van der Waals surface area contributed by atoms with Gasteiger partial charge in [-0.05, 0) is 74.2 Å². The standard InChI is InChI=1S/C21H14N6.C3H7N.CH4/c1-15-11-19(8-10-20(15)26-24-18-5-3-2-4-6-18)25-27-21-9-7-16(13-22)12-17(21)14-23;1-3-4-2;/h2-12H,1H3;3H,1-2H3;1H4. The van der Waals surface area contributed by atoms with Crippen LogP contribution in [-0.4, -0.2) is 13.3 Å². The molecule has 0 heterocycles. The summed E-state index contributed by atoms with van der Waals surface area (Å²) in [6.45, 7) is 3.81. The van der Waals surface area contributed by atoms with Crippen molar-refractivity contribution in [2.75, 3.05) is 7.05 Å². The first-order valence-corrected chi connectivity index (χ1v) is 9.41. The van der Waals surface area contributed by atoms with Gasteiger partial charge in [-0.2, -0.15) is 25.9 Å². The van der Waals surface area contributed by atoms with E-state index in [4.69, 9.17) is 5.26 Å². The molecule has 0 spiro atoms. The number of nitrogens with zero attached hydrogens (tertiary/aromatic N) is 7. The first-order valence-electron chi connectivity index (χ1n) is 9.41. The Morgan fingerprint density at radius 1 is 0.750 bits per heavy atom. The molecule has 32 heavy (non-hydrogen) atoms. The molecule has 0 saturated carbocycles. The van der Waals surface area contributed by atoms with E-state index in [0.717, 1.165) is 16.9 Å². The summed E-state index contributed by atoms with van der Waals surface area (Å²) in [5.74, 6) is 0. The number of azo groups is 2. The van der Waals surface area contributed by atoms with Crippen LogP contribution in [0.25, 0.3) is 0 Å². The second kappa shape index (κ2) is 13.7. The van der Waals surface area contributed by atoms with Crippen LogP contribution < -0.4 is 0 Å². The van der Waals surface area contributed by atoms with Gasteiger partial charge in [-0.25, -0.2) is 0 Å². The quantitative estimate of drug-likeness (QED) is 0.314. The minimum Gasteiger partial charge on any atom is -0.301 e. The van der Waals surface area contributed by atoms with Crippen molar-refractivity contribution in [2.45, 2.75) is 21.3 Å². The molecular weight excluding hydrogens is 398 g/mol. The van der Waals surface area contributed by atoms with Crippen LogP contribution in [0.2, 0.25) is 0 Å². The average Bonchev–Trinajstić information content (AvgIpc) is 2.82. The summed E-state index contributed by atoms with van der Waals surface area (Å²) in [5.41, 5.74) is 4.21. The number of hydrogen-bond acceptors (Lipinski definition) is 7. The van der Waals surface area contributed by atoms with E-state index in [0.29, 0.717) is 22.5 Å². The van der Waals surface area contributed by atoms with Crippen LogP contribution in [0.3, 0.4) is 0 Å². The lowest BCUT2D eigenvalue weighted by atomic mass is 10.1. The monoisotopic (exact) mass is 423 g/mol. The zero-order chi connectivity index (χ0) is 22.5. The predicted molar refractivity (Wildman–Crippen MR) is 129 cm³/mol. The van der Waals surface area contributed by atoms with E-state index in [2.05, 4.69) is 25.4 Å². The largest absolute Gasteiger partial charge is 0.301 e. The molecule has 0 fully saturated rings. The van der Waals surface area contributed by atoms with Crippen LogP contribution >= 0.6 is 0 Å². The predicted octanol–water partition coefficient (Wildman–Crippen LogP) is 7.91.